The molecular formula is C23H22N2O3. The van der Waals surface area contributed by atoms with Gasteiger partial charge in [0.25, 0.3) is 11.8 Å². The molecule has 0 atom stereocenters. The van der Waals surface area contributed by atoms with Crippen LogP contribution in [-0.4, -0.2) is 25.5 Å². The second-order valence-corrected chi connectivity index (χ2v) is 6.85. The van der Waals surface area contributed by atoms with Crippen LogP contribution < -0.4 is 15.0 Å². The Balaban J connectivity index is 1.69. The van der Waals surface area contributed by atoms with Gasteiger partial charge in [0, 0.05) is 34.1 Å². The summed E-state index contributed by atoms with van der Waals surface area (Å²) >= 11 is 0. The van der Waals surface area contributed by atoms with Crippen molar-refractivity contribution in [2.24, 2.45) is 0 Å². The van der Waals surface area contributed by atoms with Crippen LogP contribution in [0.25, 0.3) is 10.8 Å². The van der Waals surface area contributed by atoms with Gasteiger partial charge in [-0.25, -0.2) is 0 Å². The number of amides is 2. The summed E-state index contributed by atoms with van der Waals surface area (Å²) in [5.41, 5.74) is 2.87. The average Bonchev–Trinajstić information content (AvgIpc) is 3.01. The Labute approximate surface area is 163 Å². The van der Waals surface area contributed by atoms with Crippen LogP contribution in [0.4, 0.5) is 11.4 Å². The summed E-state index contributed by atoms with van der Waals surface area (Å²) in [6.45, 7) is 2.82. The molecule has 0 spiro atoms. The number of nitrogens with zero attached hydrogens (tertiary/aromatic N) is 1. The Morgan fingerprint density at radius 1 is 1.07 bits per heavy atom. The molecular weight excluding hydrogens is 352 g/mol. The van der Waals surface area contributed by atoms with E-state index in [4.69, 9.17) is 4.74 Å². The summed E-state index contributed by atoms with van der Waals surface area (Å²) < 4.78 is 5.14. The molecule has 0 bridgehead atoms. The quantitative estimate of drug-likeness (QED) is 0.670. The van der Waals surface area contributed by atoms with Gasteiger partial charge < -0.3 is 15.0 Å². The van der Waals surface area contributed by atoms with Crippen LogP contribution in [0.1, 0.15) is 40.5 Å². The molecule has 5 heteroatoms. The fourth-order valence-corrected chi connectivity index (χ4v) is 3.63. The third kappa shape index (κ3) is 2.99. The number of nitrogens with one attached hydrogen (secondary N) is 1. The highest BCUT2D eigenvalue weighted by atomic mass is 16.5. The first kappa shape index (κ1) is 18.0. The fourth-order valence-electron chi connectivity index (χ4n) is 3.63. The zero-order valence-electron chi connectivity index (χ0n) is 16.0. The maximum absolute atomic E-state index is 12.8. The van der Waals surface area contributed by atoms with E-state index < -0.39 is 0 Å². The van der Waals surface area contributed by atoms with Crippen LogP contribution in [0.15, 0.2) is 54.6 Å². The van der Waals surface area contributed by atoms with E-state index in [1.807, 2.05) is 35.2 Å². The number of rotatable bonds is 6. The molecule has 0 unspecified atom stereocenters. The Hall–Kier alpha value is -3.34. The van der Waals surface area contributed by atoms with E-state index in [-0.39, 0.29) is 11.8 Å². The number of benzene rings is 3. The van der Waals surface area contributed by atoms with Gasteiger partial charge in [0.2, 0.25) is 0 Å². The molecule has 0 saturated heterocycles. The molecule has 28 heavy (non-hydrogen) atoms. The van der Waals surface area contributed by atoms with Crippen molar-refractivity contribution >= 4 is 34.0 Å². The van der Waals surface area contributed by atoms with Crippen LogP contribution >= 0.6 is 0 Å². The van der Waals surface area contributed by atoms with Gasteiger partial charge in [-0.2, -0.15) is 0 Å². The van der Waals surface area contributed by atoms with Gasteiger partial charge in [-0.1, -0.05) is 25.5 Å². The number of carbonyl (C=O) groups is 2. The maximum Gasteiger partial charge on any atom is 0.258 e. The lowest BCUT2D eigenvalue weighted by atomic mass is 10.0. The van der Waals surface area contributed by atoms with Crippen LogP contribution in [0.3, 0.4) is 0 Å². The predicted octanol–water partition coefficient (Wildman–Crippen LogP) is 4.86. The second-order valence-electron chi connectivity index (χ2n) is 6.85. The first-order valence-electron chi connectivity index (χ1n) is 9.47. The lowest BCUT2D eigenvalue weighted by Gasteiger charge is -2.17. The minimum Gasteiger partial charge on any atom is -0.497 e. The summed E-state index contributed by atoms with van der Waals surface area (Å²) in [5.74, 6) is 0.538. The van der Waals surface area contributed by atoms with Gasteiger partial charge in [0.1, 0.15) is 5.75 Å². The Bertz CT molecular complexity index is 1060. The number of methoxy groups -OCH3 is 1. The molecule has 5 nitrogen and oxygen atoms in total. The molecule has 1 aliphatic rings. The third-order valence-corrected chi connectivity index (χ3v) is 5.12. The highest BCUT2D eigenvalue weighted by Crippen LogP contribution is 2.40. The SMILES string of the molecule is CCCCN1C(=O)c2cccc3c(NC(=O)c4ccc(OC)cc4)ccc1c23. The van der Waals surface area contributed by atoms with Crippen LogP contribution in [0.2, 0.25) is 0 Å². The third-order valence-electron chi connectivity index (χ3n) is 5.12. The normalized spacial score (nSPS) is 12.5. The van der Waals surface area contributed by atoms with Crippen molar-refractivity contribution in [2.45, 2.75) is 19.8 Å². The highest BCUT2D eigenvalue weighted by molar-refractivity contribution is 6.27. The monoisotopic (exact) mass is 374 g/mol. The molecule has 0 fully saturated rings. The summed E-state index contributed by atoms with van der Waals surface area (Å²) in [6.07, 6.45) is 1.98. The summed E-state index contributed by atoms with van der Waals surface area (Å²) in [5, 5.41) is 4.78. The zero-order valence-corrected chi connectivity index (χ0v) is 16.0. The lowest BCUT2D eigenvalue weighted by Crippen LogP contribution is -2.27. The van der Waals surface area contributed by atoms with Gasteiger partial charge in [-0.3, -0.25) is 9.59 Å². The smallest absolute Gasteiger partial charge is 0.258 e. The van der Waals surface area contributed by atoms with E-state index in [0.717, 1.165) is 29.3 Å². The predicted molar refractivity (Wildman–Crippen MR) is 111 cm³/mol. The van der Waals surface area contributed by atoms with Crippen molar-refractivity contribution in [1.29, 1.82) is 0 Å². The summed E-state index contributed by atoms with van der Waals surface area (Å²) in [4.78, 5) is 27.4. The number of hydrogen-bond donors (Lipinski definition) is 1. The van der Waals surface area contributed by atoms with E-state index in [0.29, 0.717) is 29.1 Å². The van der Waals surface area contributed by atoms with Crippen LogP contribution in [0.5, 0.6) is 5.75 Å². The minimum absolute atomic E-state index is 0.0349. The Morgan fingerprint density at radius 3 is 2.57 bits per heavy atom. The van der Waals surface area contributed by atoms with E-state index in [1.54, 1.807) is 31.4 Å². The van der Waals surface area contributed by atoms with Gasteiger partial charge in [0.05, 0.1) is 12.8 Å². The molecule has 3 aromatic rings. The van der Waals surface area contributed by atoms with Crippen molar-refractivity contribution < 1.29 is 14.3 Å². The molecule has 2 amide bonds. The highest BCUT2D eigenvalue weighted by Gasteiger charge is 2.30. The van der Waals surface area contributed by atoms with E-state index >= 15 is 0 Å². The molecule has 0 radical (unpaired) electrons. The molecule has 0 saturated carbocycles. The number of hydrogen-bond acceptors (Lipinski definition) is 3. The van der Waals surface area contributed by atoms with Crippen molar-refractivity contribution in [3.63, 3.8) is 0 Å². The fraction of sp³-hybridized carbons (Fsp3) is 0.217. The van der Waals surface area contributed by atoms with Crippen LogP contribution in [0, 0.1) is 0 Å². The Kier molecular flexibility index (Phi) is 4.74. The largest absolute Gasteiger partial charge is 0.497 e. The molecule has 142 valence electrons. The van der Waals surface area contributed by atoms with Crippen molar-refractivity contribution in [1.82, 2.24) is 0 Å². The first-order chi connectivity index (χ1) is 13.6. The molecule has 1 heterocycles. The van der Waals surface area contributed by atoms with Crippen molar-refractivity contribution in [2.75, 3.05) is 23.9 Å². The van der Waals surface area contributed by atoms with Crippen molar-refractivity contribution in [3.8, 4) is 5.75 Å². The number of anilines is 2. The zero-order chi connectivity index (χ0) is 19.7. The van der Waals surface area contributed by atoms with E-state index in [9.17, 15) is 9.59 Å². The molecule has 1 N–H and O–H groups in total. The first-order valence-corrected chi connectivity index (χ1v) is 9.47. The Morgan fingerprint density at radius 2 is 1.86 bits per heavy atom. The number of ether oxygens (including phenoxy) is 1. The average molecular weight is 374 g/mol. The van der Waals surface area contributed by atoms with E-state index in [2.05, 4.69) is 12.2 Å². The lowest BCUT2D eigenvalue weighted by molar-refractivity contribution is 0.0991. The van der Waals surface area contributed by atoms with Crippen molar-refractivity contribution in [3.05, 3.63) is 65.7 Å². The number of unbranched alkanes of at least 4 members (excludes halogenated alkanes) is 1. The summed E-state index contributed by atoms with van der Waals surface area (Å²) in [6, 6.07) is 16.4. The number of carbonyl (C=O) groups excluding carboxylic acids is 2. The van der Waals surface area contributed by atoms with Gasteiger partial charge in [-0.05, 0) is 48.9 Å². The topological polar surface area (TPSA) is 58.6 Å². The molecule has 0 aliphatic carbocycles. The van der Waals surface area contributed by atoms with E-state index in [1.165, 1.54) is 0 Å². The molecule has 1 aliphatic heterocycles. The van der Waals surface area contributed by atoms with Crippen LogP contribution in [-0.2, 0) is 0 Å². The van der Waals surface area contributed by atoms with Gasteiger partial charge in [0.15, 0.2) is 0 Å². The standard InChI is InChI=1S/C23H22N2O3/c1-3-4-14-25-20-13-12-19(17-6-5-7-18(21(17)20)23(25)27)24-22(26)15-8-10-16(28-2)11-9-15/h5-13H,3-4,14H2,1-2H3,(H,24,26). The second kappa shape index (κ2) is 7.35. The maximum atomic E-state index is 12.8. The molecule has 0 aromatic heterocycles. The molecule has 4 rings (SSSR count). The minimum atomic E-state index is -0.199. The van der Waals surface area contributed by atoms with Gasteiger partial charge >= 0.3 is 0 Å². The molecule has 3 aromatic carbocycles. The summed E-state index contributed by atoms with van der Waals surface area (Å²) in [7, 11) is 1.59. The van der Waals surface area contributed by atoms with Gasteiger partial charge in [-0.15, -0.1) is 0 Å².